The van der Waals surface area contributed by atoms with Crippen molar-refractivity contribution in [1.82, 2.24) is 19.8 Å². The van der Waals surface area contributed by atoms with Crippen molar-refractivity contribution in [3.05, 3.63) is 17.3 Å². The first-order valence-electron chi connectivity index (χ1n) is 6.16. The van der Waals surface area contributed by atoms with E-state index >= 15 is 0 Å². The summed E-state index contributed by atoms with van der Waals surface area (Å²) in [5, 5.41) is 0. The van der Waals surface area contributed by atoms with Crippen LogP contribution in [-0.2, 0) is 0 Å². The van der Waals surface area contributed by atoms with E-state index in [0.717, 1.165) is 32.7 Å². The zero-order valence-corrected chi connectivity index (χ0v) is 10.4. The number of rotatable bonds is 2. The number of hydrogen-bond acceptors (Lipinski definition) is 6. The van der Waals surface area contributed by atoms with Gasteiger partial charge in [0.05, 0.1) is 11.7 Å². The molecule has 0 amide bonds. The summed E-state index contributed by atoms with van der Waals surface area (Å²) in [4.78, 5) is 13.2. The van der Waals surface area contributed by atoms with E-state index in [1.807, 2.05) is 0 Å². The molecule has 3 aliphatic rings. The molecule has 1 aromatic rings. The van der Waals surface area contributed by atoms with E-state index in [1.54, 1.807) is 6.92 Å². The first kappa shape index (κ1) is 11.8. The van der Waals surface area contributed by atoms with Gasteiger partial charge in [-0.25, -0.2) is 20.2 Å². The Balaban J connectivity index is 1.94. The molecule has 0 aromatic carbocycles. The Morgan fingerprint density at radius 1 is 1.28 bits per heavy atom. The lowest BCUT2D eigenvalue weighted by molar-refractivity contribution is 0.00857. The molecular formula is C11H17FN6. The molecule has 0 spiro atoms. The first-order chi connectivity index (χ1) is 8.69. The maximum absolute atomic E-state index is 13.6. The van der Waals surface area contributed by atoms with Crippen LogP contribution in [0.4, 0.5) is 10.2 Å². The number of piperazine rings is 3. The maximum Gasteiger partial charge on any atom is 0.187 e. The van der Waals surface area contributed by atoms with E-state index in [0.29, 0.717) is 11.5 Å². The minimum absolute atomic E-state index is 0.0788. The number of hydrazine groups is 1. The Labute approximate surface area is 105 Å². The lowest BCUT2D eigenvalue weighted by Crippen LogP contribution is -2.57. The minimum Gasteiger partial charge on any atom is -0.306 e. The quantitative estimate of drug-likeness (QED) is 0.565. The smallest absolute Gasteiger partial charge is 0.187 e. The average molecular weight is 252 g/mol. The van der Waals surface area contributed by atoms with Gasteiger partial charge in [0.1, 0.15) is 5.82 Å². The van der Waals surface area contributed by atoms with Crippen LogP contribution in [0, 0.1) is 12.7 Å². The molecule has 1 aromatic heterocycles. The van der Waals surface area contributed by atoms with Gasteiger partial charge in [0.25, 0.3) is 0 Å². The van der Waals surface area contributed by atoms with E-state index in [-0.39, 0.29) is 11.9 Å². The summed E-state index contributed by atoms with van der Waals surface area (Å²) in [7, 11) is 0. The predicted molar refractivity (Wildman–Crippen MR) is 65.3 cm³/mol. The number of fused-ring (bicyclic) bond motifs is 3. The first-order valence-corrected chi connectivity index (χ1v) is 6.16. The summed E-state index contributed by atoms with van der Waals surface area (Å²) in [5.74, 6) is 5.55. The number of halogens is 1. The van der Waals surface area contributed by atoms with Crippen LogP contribution in [0.1, 0.15) is 17.6 Å². The van der Waals surface area contributed by atoms with Crippen LogP contribution in [0.25, 0.3) is 0 Å². The van der Waals surface area contributed by atoms with E-state index in [9.17, 15) is 4.39 Å². The van der Waals surface area contributed by atoms with Gasteiger partial charge in [0, 0.05) is 32.7 Å². The molecule has 4 heterocycles. The molecule has 1 atom stereocenters. The molecule has 3 N–H and O–H groups in total. The van der Waals surface area contributed by atoms with Crippen LogP contribution in [0.15, 0.2) is 0 Å². The van der Waals surface area contributed by atoms with Gasteiger partial charge in [0.2, 0.25) is 0 Å². The highest BCUT2D eigenvalue weighted by atomic mass is 19.1. The minimum atomic E-state index is -0.475. The second-order valence-corrected chi connectivity index (χ2v) is 4.83. The van der Waals surface area contributed by atoms with Crippen molar-refractivity contribution in [1.29, 1.82) is 0 Å². The van der Waals surface area contributed by atoms with Crippen molar-refractivity contribution >= 4 is 5.82 Å². The Morgan fingerprint density at radius 3 is 2.56 bits per heavy atom. The SMILES string of the molecule is Cc1nc(C2CN3CCN2CC3)nc(NN)c1F. The van der Waals surface area contributed by atoms with Crippen LogP contribution in [0.2, 0.25) is 0 Å². The highest BCUT2D eigenvalue weighted by Gasteiger charge is 2.35. The van der Waals surface area contributed by atoms with Crippen molar-refractivity contribution in [2.24, 2.45) is 5.84 Å². The third kappa shape index (κ3) is 1.84. The number of aryl methyl sites for hydroxylation is 1. The normalized spacial score (nSPS) is 30.5. The third-order valence-corrected chi connectivity index (χ3v) is 3.75. The van der Waals surface area contributed by atoms with Crippen molar-refractivity contribution in [2.45, 2.75) is 13.0 Å². The molecule has 7 heteroatoms. The van der Waals surface area contributed by atoms with Gasteiger partial charge in [0.15, 0.2) is 11.6 Å². The molecule has 98 valence electrons. The topological polar surface area (TPSA) is 70.3 Å². The Morgan fingerprint density at radius 2 is 2.00 bits per heavy atom. The molecule has 1 unspecified atom stereocenters. The van der Waals surface area contributed by atoms with Crippen LogP contribution < -0.4 is 11.3 Å². The summed E-state index contributed by atoms with van der Waals surface area (Å²) >= 11 is 0. The van der Waals surface area contributed by atoms with Gasteiger partial charge in [-0.3, -0.25) is 9.80 Å². The number of anilines is 1. The van der Waals surface area contributed by atoms with Crippen molar-refractivity contribution < 1.29 is 4.39 Å². The Hall–Kier alpha value is -1.31. The maximum atomic E-state index is 13.6. The number of hydrogen-bond donors (Lipinski definition) is 2. The molecule has 0 saturated carbocycles. The van der Waals surface area contributed by atoms with Crippen LogP contribution >= 0.6 is 0 Å². The molecule has 6 nitrogen and oxygen atoms in total. The number of nitrogens with zero attached hydrogens (tertiary/aromatic N) is 4. The average Bonchev–Trinajstić information content (AvgIpc) is 2.43. The van der Waals surface area contributed by atoms with Crippen molar-refractivity contribution in [2.75, 3.05) is 38.1 Å². The predicted octanol–water partition coefficient (Wildman–Crippen LogP) is -0.118. The Bertz CT molecular complexity index is 457. The molecule has 3 aliphatic heterocycles. The highest BCUT2D eigenvalue weighted by Crippen LogP contribution is 2.28. The summed E-state index contributed by atoms with van der Waals surface area (Å²) in [5.41, 5.74) is 2.64. The molecule has 0 radical (unpaired) electrons. The second-order valence-electron chi connectivity index (χ2n) is 4.83. The van der Waals surface area contributed by atoms with Gasteiger partial charge in [-0.1, -0.05) is 0 Å². The highest BCUT2D eigenvalue weighted by molar-refractivity contribution is 5.37. The molecule has 0 aliphatic carbocycles. The van der Waals surface area contributed by atoms with Gasteiger partial charge >= 0.3 is 0 Å². The van der Waals surface area contributed by atoms with Crippen LogP contribution in [-0.4, -0.2) is 52.5 Å². The Kier molecular flexibility index (Phi) is 2.89. The fraction of sp³-hybridized carbons (Fsp3) is 0.636. The monoisotopic (exact) mass is 252 g/mol. The van der Waals surface area contributed by atoms with Crippen molar-refractivity contribution in [3.63, 3.8) is 0 Å². The summed E-state index contributed by atoms with van der Waals surface area (Å²) < 4.78 is 13.6. The van der Waals surface area contributed by atoms with E-state index in [2.05, 4.69) is 25.2 Å². The largest absolute Gasteiger partial charge is 0.306 e. The number of nitrogens with one attached hydrogen (secondary N) is 1. The van der Waals surface area contributed by atoms with Gasteiger partial charge in [-0.2, -0.15) is 0 Å². The summed E-state index contributed by atoms with van der Waals surface area (Å²) in [6.07, 6.45) is 0. The lowest BCUT2D eigenvalue weighted by atomic mass is 10.1. The molecular weight excluding hydrogens is 235 g/mol. The second kappa shape index (κ2) is 4.42. The van der Waals surface area contributed by atoms with Crippen molar-refractivity contribution in [3.8, 4) is 0 Å². The van der Waals surface area contributed by atoms with Gasteiger partial charge in [-0.05, 0) is 6.92 Å². The zero-order valence-electron chi connectivity index (χ0n) is 10.4. The number of nitrogens with two attached hydrogens (primary N) is 1. The molecule has 3 fully saturated rings. The van der Waals surface area contributed by atoms with Gasteiger partial charge < -0.3 is 5.43 Å². The van der Waals surface area contributed by atoms with Crippen LogP contribution in [0.5, 0.6) is 0 Å². The van der Waals surface area contributed by atoms with E-state index in [1.165, 1.54) is 0 Å². The molecule has 3 saturated heterocycles. The zero-order chi connectivity index (χ0) is 12.7. The summed E-state index contributed by atoms with van der Waals surface area (Å²) in [6, 6.07) is 0.152. The molecule has 4 rings (SSSR count). The number of aromatic nitrogens is 2. The third-order valence-electron chi connectivity index (χ3n) is 3.75. The number of nitrogen functional groups attached to an aromatic ring is 1. The lowest BCUT2D eigenvalue weighted by Gasteiger charge is -2.46. The fourth-order valence-electron chi connectivity index (χ4n) is 2.69. The van der Waals surface area contributed by atoms with E-state index < -0.39 is 5.82 Å². The summed E-state index contributed by atoms with van der Waals surface area (Å²) in [6.45, 7) is 6.79. The standard InChI is InChI=1S/C11H17FN6/c1-7-9(12)11(16-13)15-10(14-7)8-6-17-2-4-18(8)5-3-17/h8H,2-6,13H2,1H3,(H,14,15,16). The van der Waals surface area contributed by atoms with Crippen LogP contribution in [0.3, 0.4) is 0 Å². The molecule has 2 bridgehead atoms. The van der Waals surface area contributed by atoms with E-state index in [4.69, 9.17) is 5.84 Å². The molecule has 18 heavy (non-hydrogen) atoms. The fourth-order valence-corrected chi connectivity index (χ4v) is 2.69. The van der Waals surface area contributed by atoms with Gasteiger partial charge in [-0.15, -0.1) is 0 Å².